The van der Waals surface area contributed by atoms with Crippen molar-refractivity contribution in [2.24, 2.45) is 0 Å². The SMILES string of the molecule is CC(=O)NC(C)C(=O)N1CCCCC1C(=O)Nc1ccc(Cl)cc1Cl. The molecule has 0 saturated carbocycles. The van der Waals surface area contributed by atoms with Gasteiger partial charge in [0.25, 0.3) is 0 Å². The standard InChI is InChI=1S/C17H21Cl2N3O3/c1-10(20-11(2)23)17(25)22-8-4-3-5-15(22)16(24)21-14-7-6-12(18)9-13(14)19/h6-7,9-10,15H,3-5,8H2,1-2H3,(H,20,23)(H,21,24). The number of nitrogens with zero attached hydrogens (tertiary/aromatic N) is 1. The average Bonchev–Trinajstić information content (AvgIpc) is 2.56. The molecule has 1 aromatic carbocycles. The Hall–Kier alpha value is -1.79. The molecule has 25 heavy (non-hydrogen) atoms. The number of hydrogen-bond acceptors (Lipinski definition) is 3. The summed E-state index contributed by atoms with van der Waals surface area (Å²) in [5.41, 5.74) is 0.448. The lowest BCUT2D eigenvalue weighted by atomic mass is 10.00. The lowest BCUT2D eigenvalue weighted by Gasteiger charge is -2.36. The fourth-order valence-electron chi connectivity index (χ4n) is 2.89. The van der Waals surface area contributed by atoms with Gasteiger partial charge in [-0.1, -0.05) is 23.2 Å². The van der Waals surface area contributed by atoms with Crippen LogP contribution in [0.3, 0.4) is 0 Å². The van der Waals surface area contributed by atoms with E-state index in [2.05, 4.69) is 10.6 Å². The van der Waals surface area contributed by atoms with Crippen molar-refractivity contribution in [3.05, 3.63) is 28.2 Å². The highest BCUT2D eigenvalue weighted by Gasteiger charge is 2.34. The Kier molecular flexibility index (Phi) is 6.67. The van der Waals surface area contributed by atoms with Gasteiger partial charge in [0.1, 0.15) is 12.1 Å². The number of likely N-dealkylation sites (tertiary alicyclic amines) is 1. The minimum atomic E-state index is -0.676. The molecule has 1 saturated heterocycles. The van der Waals surface area contributed by atoms with Crippen molar-refractivity contribution < 1.29 is 14.4 Å². The first-order valence-corrected chi connectivity index (χ1v) is 8.88. The van der Waals surface area contributed by atoms with Crippen LogP contribution in [0.1, 0.15) is 33.1 Å². The van der Waals surface area contributed by atoms with Crippen LogP contribution in [-0.4, -0.2) is 41.2 Å². The van der Waals surface area contributed by atoms with Crippen molar-refractivity contribution in [2.45, 2.75) is 45.2 Å². The number of amides is 3. The van der Waals surface area contributed by atoms with Gasteiger partial charge < -0.3 is 15.5 Å². The van der Waals surface area contributed by atoms with E-state index in [4.69, 9.17) is 23.2 Å². The van der Waals surface area contributed by atoms with Crippen molar-refractivity contribution in [1.29, 1.82) is 0 Å². The number of carbonyl (C=O) groups is 3. The molecule has 0 bridgehead atoms. The molecular weight excluding hydrogens is 365 g/mol. The average molecular weight is 386 g/mol. The van der Waals surface area contributed by atoms with Gasteiger partial charge in [-0.2, -0.15) is 0 Å². The zero-order chi connectivity index (χ0) is 18.6. The third kappa shape index (κ3) is 5.09. The highest BCUT2D eigenvalue weighted by Crippen LogP contribution is 2.27. The number of nitrogens with one attached hydrogen (secondary N) is 2. The van der Waals surface area contributed by atoms with Gasteiger partial charge >= 0.3 is 0 Å². The summed E-state index contributed by atoms with van der Waals surface area (Å²) in [4.78, 5) is 38.0. The summed E-state index contributed by atoms with van der Waals surface area (Å²) in [5.74, 6) is -0.851. The summed E-state index contributed by atoms with van der Waals surface area (Å²) >= 11 is 12.0. The molecule has 136 valence electrons. The maximum atomic E-state index is 12.7. The van der Waals surface area contributed by atoms with Crippen LogP contribution in [-0.2, 0) is 14.4 Å². The zero-order valence-corrected chi connectivity index (χ0v) is 15.7. The largest absolute Gasteiger partial charge is 0.345 e. The minimum absolute atomic E-state index is 0.266. The summed E-state index contributed by atoms with van der Waals surface area (Å²) in [6.45, 7) is 3.45. The molecule has 2 rings (SSSR count). The van der Waals surface area contributed by atoms with Crippen LogP contribution in [0, 0.1) is 0 Å². The zero-order valence-electron chi connectivity index (χ0n) is 14.1. The molecule has 1 aliphatic heterocycles. The maximum absolute atomic E-state index is 12.7. The number of anilines is 1. The molecule has 0 aliphatic carbocycles. The van der Waals surface area contributed by atoms with Gasteiger partial charge in [-0.05, 0) is 44.4 Å². The molecule has 0 aromatic heterocycles. The van der Waals surface area contributed by atoms with E-state index in [1.165, 1.54) is 11.8 Å². The van der Waals surface area contributed by atoms with E-state index in [0.717, 1.165) is 12.8 Å². The number of piperidine rings is 1. The number of hydrogen-bond donors (Lipinski definition) is 2. The summed E-state index contributed by atoms with van der Waals surface area (Å²) < 4.78 is 0. The third-order valence-electron chi connectivity index (χ3n) is 4.07. The number of benzene rings is 1. The monoisotopic (exact) mass is 385 g/mol. The molecule has 6 nitrogen and oxygen atoms in total. The molecule has 1 heterocycles. The second-order valence-electron chi connectivity index (χ2n) is 6.08. The smallest absolute Gasteiger partial charge is 0.247 e. The Labute approximate surface area is 156 Å². The molecule has 3 amide bonds. The van der Waals surface area contributed by atoms with E-state index in [1.54, 1.807) is 25.1 Å². The van der Waals surface area contributed by atoms with Gasteiger partial charge in [0.15, 0.2) is 0 Å². The number of halogens is 2. The Balaban J connectivity index is 2.12. The fourth-order valence-corrected chi connectivity index (χ4v) is 3.35. The minimum Gasteiger partial charge on any atom is -0.345 e. The lowest BCUT2D eigenvalue weighted by Crippen LogP contribution is -2.55. The topological polar surface area (TPSA) is 78.5 Å². The highest BCUT2D eigenvalue weighted by atomic mass is 35.5. The second-order valence-corrected chi connectivity index (χ2v) is 6.92. The van der Waals surface area contributed by atoms with E-state index in [0.29, 0.717) is 28.7 Å². The van der Waals surface area contributed by atoms with Crippen molar-refractivity contribution >= 4 is 46.6 Å². The molecule has 0 spiro atoms. The van der Waals surface area contributed by atoms with Crippen LogP contribution < -0.4 is 10.6 Å². The first-order valence-electron chi connectivity index (χ1n) is 8.13. The molecule has 2 unspecified atom stereocenters. The van der Waals surface area contributed by atoms with Crippen molar-refractivity contribution in [3.63, 3.8) is 0 Å². The maximum Gasteiger partial charge on any atom is 0.247 e. The summed E-state index contributed by atoms with van der Waals surface area (Å²) in [5, 5.41) is 6.14. The Morgan fingerprint density at radius 2 is 1.96 bits per heavy atom. The van der Waals surface area contributed by atoms with E-state index >= 15 is 0 Å². The van der Waals surface area contributed by atoms with Gasteiger partial charge in [0.2, 0.25) is 17.7 Å². The summed E-state index contributed by atoms with van der Waals surface area (Å²) in [6, 6.07) is 3.53. The predicted octanol–water partition coefficient (Wildman–Crippen LogP) is 2.84. The fraction of sp³-hybridized carbons (Fsp3) is 0.471. The molecule has 1 aromatic rings. The van der Waals surface area contributed by atoms with Gasteiger partial charge in [-0.25, -0.2) is 0 Å². The van der Waals surface area contributed by atoms with Gasteiger partial charge in [0.05, 0.1) is 10.7 Å². The summed E-state index contributed by atoms with van der Waals surface area (Å²) in [6.07, 6.45) is 2.24. The molecule has 0 radical (unpaired) electrons. The Bertz CT molecular complexity index is 681. The lowest BCUT2D eigenvalue weighted by molar-refractivity contribution is -0.142. The van der Waals surface area contributed by atoms with E-state index in [9.17, 15) is 14.4 Å². The van der Waals surface area contributed by atoms with Crippen LogP contribution in [0.4, 0.5) is 5.69 Å². The van der Waals surface area contributed by atoms with Gasteiger partial charge in [0, 0.05) is 18.5 Å². The van der Waals surface area contributed by atoms with Crippen LogP contribution in [0.25, 0.3) is 0 Å². The van der Waals surface area contributed by atoms with E-state index in [-0.39, 0.29) is 17.7 Å². The second kappa shape index (κ2) is 8.54. The molecule has 2 N–H and O–H groups in total. The van der Waals surface area contributed by atoms with Crippen LogP contribution in [0.2, 0.25) is 10.0 Å². The van der Waals surface area contributed by atoms with E-state index in [1.807, 2.05) is 0 Å². The first-order chi connectivity index (χ1) is 11.8. The molecule has 2 atom stereocenters. The van der Waals surface area contributed by atoms with Crippen molar-refractivity contribution in [2.75, 3.05) is 11.9 Å². The molecule has 8 heteroatoms. The van der Waals surface area contributed by atoms with Crippen LogP contribution in [0.15, 0.2) is 18.2 Å². The van der Waals surface area contributed by atoms with Crippen LogP contribution in [0.5, 0.6) is 0 Å². The highest BCUT2D eigenvalue weighted by molar-refractivity contribution is 6.36. The van der Waals surface area contributed by atoms with Crippen molar-refractivity contribution in [3.8, 4) is 0 Å². The predicted molar refractivity (Wildman–Crippen MR) is 97.7 cm³/mol. The first kappa shape index (κ1) is 19.5. The number of carbonyl (C=O) groups excluding carboxylic acids is 3. The summed E-state index contributed by atoms with van der Waals surface area (Å²) in [7, 11) is 0. The molecule has 1 aliphatic rings. The Morgan fingerprint density at radius 1 is 1.24 bits per heavy atom. The quantitative estimate of drug-likeness (QED) is 0.835. The third-order valence-corrected chi connectivity index (χ3v) is 4.62. The number of rotatable bonds is 4. The van der Waals surface area contributed by atoms with E-state index < -0.39 is 12.1 Å². The normalized spacial score (nSPS) is 18.4. The van der Waals surface area contributed by atoms with Crippen LogP contribution >= 0.6 is 23.2 Å². The Morgan fingerprint density at radius 3 is 2.60 bits per heavy atom. The molecular formula is C17H21Cl2N3O3. The molecule has 1 fully saturated rings. The van der Waals surface area contributed by atoms with Gasteiger partial charge in [-0.3, -0.25) is 14.4 Å². The van der Waals surface area contributed by atoms with Crippen molar-refractivity contribution in [1.82, 2.24) is 10.2 Å². The van der Waals surface area contributed by atoms with Gasteiger partial charge in [-0.15, -0.1) is 0 Å².